The van der Waals surface area contributed by atoms with Crippen LogP contribution in [-0.4, -0.2) is 17.0 Å². The number of rotatable bonds is 7. The predicted octanol–water partition coefficient (Wildman–Crippen LogP) is 4.88. The second kappa shape index (κ2) is 9.05. The molecule has 0 radical (unpaired) electrons. The van der Waals surface area contributed by atoms with Crippen LogP contribution in [0.15, 0.2) is 66.4 Å². The predicted molar refractivity (Wildman–Crippen MR) is 114 cm³/mol. The number of carbonyl (C=O) groups is 1. The van der Waals surface area contributed by atoms with Crippen LogP contribution in [0.5, 0.6) is 0 Å². The number of hydrogen-bond acceptors (Lipinski definition) is 2. The average molecular weight is 371 g/mol. The van der Waals surface area contributed by atoms with Gasteiger partial charge in [-0.1, -0.05) is 48.5 Å². The first-order valence-corrected chi connectivity index (χ1v) is 9.63. The van der Waals surface area contributed by atoms with Gasteiger partial charge in [-0.05, 0) is 44.4 Å². The van der Waals surface area contributed by atoms with Gasteiger partial charge >= 0.3 is 0 Å². The summed E-state index contributed by atoms with van der Waals surface area (Å²) >= 11 is 0. The molecule has 3 aromatic rings. The number of para-hydroxylation sites is 1. The molecule has 142 valence electrons. The van der Waals surface area contributed by atoms with Gasteiger partial charge in [0.25, 0.3) is 5.91 Å². The van der Waals surface area contributed by atoms with Crippen LogP contribution in [0.4, 0.5) is 0 Å². The first-order chi connectivity index (χ1) is 13.6. The number of nitriles is 1. The van der Waals surface area contributed by atoms with Gasteiger partial charge in [0.15, 0.2) is 0 Å². The monoisotopic (exact) mass is 371 g/mol. The molecule has 3 rings (SSSR count). The van der Waals surface area contributed by atoms with Gasteiger partial charge in [-0.25, -0.2) is 0 Å². The Labute approximate surface area is 166 Å². The fraction of sp³-hybridized carbons (Fsp3) is 0.250. The van der Waals surface area contributed by atoms with E-state index >= 15 is 0 Å². The zero-order valence-corrected chi connectivity index (χ0v) is 16.4. The number of nitrogens with one attached hydrogen (secondary N) is 1. The molecule has 1 aromatic heterocycles. The van der Waals surface area contributed by atoms with Gasteiger partial charge in [0.05, 0.1) is 0 Å². The van der Waals surface area contributed by atoms with E-state index in [-0.39, 0.29) is 11.5 Å². The molecule has 4 nitrogen and oxygen atoms in total. The lowest BCUT2D eigenvalue weighted by Gasteiger charge is -2.08. The summed E-state index contributed by atoms with van der Waals surface area (Å²) in [6.07, 6.45) is 5.43. The highest BCUT2D eigenvalue weighted by molar-refractivity contribution is 6.04. The smallest absolute Gasteiger partial charge is 0.261 e. The van der Waals surface area contributed by atoms with Gasteiger partial charge in [0.2, 0.25) is 0 Å². The van der Waals surface area contributed by atoms with Crippen molar-refractivity contribution in [3.63, 3.8) is 0 Å². The van der Waals surface area contributed by atoms with E-state index in [1.807, 2.05) is 42.6 Å². The van der Waals surface area contributed by atoms with E-state index in [2.05, 4.69) is 48.0 Å². The van der Waals surface area contributed by atoms with Gasteiger partial charge in [-0.3, -0.25) is 4.79 Å². The highest BCUT2D eigenvalue weighted by Gasteiger charge is 2.13. The summed E-state index contributed by atoms with van der Waals surface area (Å²) in [5, 5.41) is 13.4. The Morgan fingerprint density at radius 1 is 1.14 bits per heavy atom. The Bertz CT molecular complexity index is 1020. The number of aryl methyl sites for hydroxylation is 1. The Balaban J connectivity index is 1.70. The van der Waals surface area contributed by atoms with Gasteiger partial charge in [0, 0.05) is 35.2 Å². The van der Waals surface area contributed by atoms with Gasteiger partial charge in [0.1, 0.15) is 11.6 Å². The molecular formula is C24H25N3O. The van der Waals surface area contributed by atoms with Crippen LogP contribution in [-0.2, 0) is 11.2 Å². The van der Waals surface area contributed by atoms with Crippen molar-refractivity contribution in [2.75, 3.05) is 6.54 Å². The Kier molecular flexibility index (Phi) is 6.29. The first kappa shape index (κ1) is 19.4. The molecule has 0 unspecified atom stereocenters. The molecule has 2 aromatic carbocycles. The molecule has 0 saturated carbocycles. The summed E-state index contributed by atoms with van der Waals surface area (Å²) in [7, 11) is 0. The second-order valence-corrected chi connectivity index (χ2v) is 7.12. The standard InChI is InChI=1S/C24H25N3O/c1-18(2)27-17-21(22-12-6-7-13-23(22)27)15-20(16-25)24(28)26-14-8-11-19-9-4-3-5-10-19/h3-7,9-10,12-13,15,17-18H,8,11,14H2,1-2H3,(H,26,28)/b20-15-. The molecule has 0 saturated heterocycles. The summed E-state index contributed by atoms with van der Waals surface area (Å²) in [6.45, 7) is 4.77. The van der Waals surface area contributed by atoms with Crippen molar-refractivity contribution in [3.8, 4) is 6.07 Å². The number of fused-ring (bicyclic) bond motifs is 1. The Hall–Kier alpha value is -3.32. The molecule has 4 heteroatoms. The van der Waals surface area contributed by atoms with Gasteiger partial charge in [-0.2, -0.15) is 5.26 Å². The van der Waals surface area contributed by atoms with Crippen LogP contribution < -0.4 is 5.32 Å². The highest BCUT2D eigenvalue weighted by Crippen LogP contribution is 2.26. The van der Waals surface area contributed by atoms with Crippen molar-refractivity contribution in [1.29, 1.82) is 5.26 Å². The average Bonchev–Trinajstić information content (AvgIpc) is 3.09. The fourth-order valence-corrected chi connectivity index (χ4v) is 3.31. The van der Waals surface area contributed by atoms with Crippen molar-refractivity contribution >= 4 is 22.9 Å². The van der Waals surface area contributed by atoms with E-state index in [1.165, 1.54) is 5.56 Å². The third-order valence-corrected chi connectivity index (χ3v) is 4.76. The van der Waals surface area contributed by atoms with E-state index in [0.717, 1.165) is 29.3 Å². The van der Waals surface area contributed by atoms with Crippen LogP contribution in [0.3, 0.4) is 0 Å². The molecule has 0 atom stereocenters. The molecule has 0 aliphatic carbocycles. The number of nitrogens with zero attached hydrogens (tertiary/aromatic N) is 2. The first-order valence-electron chi connectivity index (χ1n) is 9.63. The largest absolute Gasteiger partial charge is 0.351 e. The SMILES string of the molecule is CC(C)n1cc(/C=C(/C#N)C(=O)NCCCc2ccccc2)c2ccccc21. The summed E-state index contributed by atoms with van der Waals surface area (Å²) in [4.78, 5) is 12.5. The van der Waals surface area contributed by atoms with Crippen LogP contribution in [0.1, 0.15) is 37.4 Å². The lowest BCUT2D eigenvalue weighted by atomic mass is 10.1. The second-order valence-electron chi connectivity index (χ2n) is 7.12. The van der Waals surface area contributed by atoms with Crippen molar-refractivity contribution in [2.24, 2.45) is 0 Å². The molecule has 1 heterocycles. The van der Waals surface area contributed by atoms with Crippen LogP contribution in [0, 0.1) is 11.3 Å². The number of hydrogen-bond donors (Lipinski definition) is 1. The highest BCUT2D eigenvalue weighted by atomic mass is 16.1. The van der Waals surface area contributed by atoms with Crippen molar-refractivity contribution in [2.45, 2.75) is 32.7 Å². The molecule has 1 amide bonds. The number of aromatic nitrogens is 1. The maximum Gasteiger partial charge on any atom is 0.261 e. The molecule has 1 N–H and O–H groups in total. The summed E-state index contributed by atoms with van der Waals surface area (Å²) < 4.78 is 2.16. The summed E-state index contributed by atoms with van der Waals surface area (Å²) in [5.41, 5.74) is 3.37. The van der Waals surface area contributed by atoms with E-state index < -0.39 is 0 Å². The number of benzene rings is 2. The lowest BCUT2D eigenvalue weighted by Crippen LogP contribution is -2.25. The molecule has 0 spiro atoms. The van der Waals surface area contributed by atoms with Gasteiger partial charge < -0.3 is 9.88 Å². The summed E-state index contributed by atoms with van der Waals surface area (Å²) in [5.74, 6) is -0.322. The minimum absolute atomic E-state index is 0.131. The normalized spacial score (nSPS) is 11.6. The maximum atomic E-state index is 12.5. The molecule has 0 bridgehead atoms. The van der Waals surface area contributed by atoms with E-state index in [4.69, 9.17) is 0 Å². The molecule has 0 aliphatic heterocycles. The number of amides is 1. The quantitative estimate of drug-likeness (QED) is 0.366. The van der Waals surface area contributed by atoms with Crippen molar-refractivity contribution in [1.82, 2.24) is 9.88 Å². The van der Waals surface area contributed by atoms with Crippen LogP contribution in [0.2, 0.25) is 0 Å². The Morgan fingerprint density at radius 2 is 1.86 bits per heavy atom. The van der Waals surface area contributed by atoms with E-state index in [9.17, 15) is 10.1 Å². The zero-order chi connectivity index (χ0) is 19.9. The molecular weight excluding hydrogens is 346 g/mol. The third-order valence-electron chi connectivity index (χ3n) is 4.76. The zero-order valence-electron chi connectivity index (χ0n) is 16.4. The topological polar surface area (TPSA) is 57.8 Å². The Morgan fingerprint density at radius 3 is 2.57 bits per heavy atom. The molecule has 0 fully saturated rings. The van der Waals surface area contributed by atoms with Crippen molar-refractivity contribution < 1.29 is 4.79 Å². The number of carbonyl (C=O) groups excluding carboxylic acids is 1. The van der Waals surface area contributed by atoms with Gasteiger partial charge in [-0.15, -0.1) is 0 Å². The summed E-state index contributed by atoms with van der Waals surface area (Å²) in [6, 6.07) is 20.6. The van der Waals surface area contributed by atoms with Crippen LogP contribution >= 0.6 is 0 Å². The maximum absolute atomic E-state index is 12.5. The minimum Gasteiger partial charge on any atom is -0.351 e. The minimum atomic E-state index is -0.322. The fourth-order valence-electron chi connectivity index (χ4n) is 3.31. The lowest BCUT2D eigenvalue weighted by molar-refractivity contribution is -0.117. The van der Waals surface area contributed by atoms with E-state index in [1.54, 1.807) is 6.08 Å². The van der Waals surface area contributed by atoms with E-state index in [0.29, 0.717) is 12.6 Å². The molecule has 28 heavy (non-hydrogen) atoms. The molecule has 0 aliphatic rings. The van der Waals surface area contributed by atoms with Crippen molar-refractivity contribution in [3.05, 3.63) is 77.5 Å². The van der Waals surface area contributed by atoms with Crippen LogP contribution in [0.25, 0.3) is 17.0 Å². The third kappa shape index (κ3) is 4.50.